The number of carbonyl (C=O) groups is 1. The fourth-order valence-corrected chi connectivity index (χ4v) is 5.34. The van der Waals surface area contributed by atoms with Gasteiger partial charge in [-0.3, -0.25) is 4.79 Å². The van der Waals surface area contributed by atoms with Crippen molar-refractivity contribution in [2.75, 3.05) is 0 Å². The Hall–Kier alpha value is -0.820. The highest BCUT2D eigenvalue weighted by molar-refractivity contribution is 7.89. The maximum absolute atomic E-state index is 12.5. The molecule has 0 saturated heterocycles. The molecule has 5 nitrogen and oxygen atoms in total. The molecule has 0 bridgehead atoms. The monoisotopic (exact) mass is 351 g/mol. The van der Waals surface area contributed by atoms with E-state index in [4.69, 9.17) is 28.3 Å². The zero-order valence-electron chi connectivity index (χ0n) is 11.1. The van der Waals surface area contributed by atoms with Gasteiger partial charge in [0.25, 0.3) is 0 Å². The van der Waals surface area contributed by atoms with Gasteiger partial charge in [-0.2, -0.15) is 0 Å². The van der Waals surface area contributed by atoms with Crippen LogP contribution in [0.4, 0.5) is 0 Å². The van der Waals surface area contributed by atoms with E-state index in [1.165, 1.54) is 12.1 Å². The number of hydrogen-bond acceptors (Lipinski definition) is 3. The highest BCUT2D eigenvalue weighted by Crippen LogP contribution is 2.36. The zero-order chi connectivity index (χ0) is 15.7. The van der Waals surface area contributed by atoms with Gasteiger partial charge in [0.05, 0.1) is 16.5 Å². The Labute approximate surface area is 133 Å². The molecule has 1 fully saturated rings. The quantitative estimate of drug-likeness (QED) is 0.853. The molecule has 1 aromatic carbocycles. The third-order valence-corrected chi connectivity index (χ3v) is 6.12. The lowest BCUT2D eigenvalue weighted by Gasteiger charge is -2.28. The van der Waals surface area contributed by atoms with Crippen molar-refractivity contribution in [3.63, 3.8) is 0 Å². The van der Waals surface area contributed by atoms with Gasteiger partial charge in [0, 0.05) is 5.54 Å². The van der Waals surface area contributed by atoms with Crippen LogP contribution in [0, 0.1) is 0 Å². The SMILES string of the molecule is O=C(O)CC1(NS(=O)(=O)c2c(Cl)cccc2Cl)CCCC1. The average Bonchev–Trinajstić information content (AvgIpc) is 2.74. The summed E-state index contributed by atoms with van der Waals surface area (Å²) in [6.45, 7) is 0. The van der Waals surface area contributed by atoms with Crippen molar-refractivity contribution in [3.05, 3.63) is 28.2 Å². The minimum atomic E-state index is -3.99. The molecule has 0 amide bonds. The molecule has 116 valence electrons. The highest BCUT2D eigenvalue weighted by atomic mass is 35.5. The van der Waals surface area contributed by atoms with Crippen molar-refractivity contribution in [2.24, 2.45) is 0 Å². The van der Waals surface area contributed by atoms with Crippen LogP contribution in [0.25, 0.3) is 0 Å². The Bertz CT molecular complexity index is 634. The standard InChI is InChI=1S/C13H15Cl2NO4S/c14-9-4-3-5-10(15)12(9)21(19,20)16-13(8-11(17)18)6-1-2-7-13/h3-5,16H,1-2,6-8H2,(H,17,18). The van der Waals surface area contributed by atoms with Crippen LogP contribution in [0.2, 0.25) is 10.0 Å². The van der Waals surface area contributed by atoms with Crippen molar-refractivity contribution < 1.29 is 18.3 Å². The first-order chi connectivity index (χ1) is 9.76. The molecule has 8 heteroatoms. The Morgan fingerprint density at radius 1 is 1.24 bits per heavy atom. The van der Waals surface area contributed by atoms with E-state index in [0.29, 0.717) is 12.8 Å². The number of hydrogen-bond donors (Lipinski definition) is 2. The number of nitrogens with one attached hydrogen (secondary N) is 1. The van der Waals surface area contributed by atoms with Gasteiger partial charge in [0.2, 0.25) is 10.0 Å². The molecule has 0 unspecified atom stereocenters. The van der Waals surface area contributed by atoms with Crippen LogP contribution >= 0.6 is 23.2 Å². The van der Waals surface area contributed by atoms with Gasteiger partial charge in [-0.1, -0.05) is 42.1 Å². The summed E-state index contributed by atoms with van der Waals surface area (Å²) in [7, 11) is -3.99. The summed E-state index contributed by atoms with van der Waals surface area (Å²) in [6, 6.07) is 4.41. The fraction of sp³-hybridized carbons (Fsp3) is 0.462. The first kappa shape index (κ1) is 16.5. The molecule has 2 N–H and O–H groups in total. The maximum atomic E-state index is 12.5. The minimum Gasteiger partial charge on any atom is -0.481 e. The predicted octanol–water partition coefficient (Wildman–Crippen LogP) is 3.06. The molecule has 1 aliphatic carbocycles. The second kappa shape index (κ2) is 6.12. The van der Waals surface area contributed by atoms with Gasteiger partial charge >= 0.3 is 5.97 Å². The van der Waals surface area contributed by atoms with Crippen molar-refractivity contribution in [3.8, 4) is 0 Å². The summed E-state index contributed by atoms with van der Waals surface area (Å²) < 4.78 is 27.6. The van der Waals surface area contributed by atoms with Crippen LogP contribution in [0.3, 0.4) is 0 Å². The minimum absolute atomic E-state index is 0.0125. The van der Waals surface area contributed by atoms with Crippen molar-refractivity contribution in [1.29, 1.82) is 0 Å². The normalized spacial score (nSPS) is 17.8. The second-order valence-corrected chi connectivity index (χ2v) is 7.65. The summed E-state index contributed by atoms with van der Waals surface area (Å²) in [5.41, 5.74) is -0.965. The fourth-order valence-electron chi connectivity index (χ4n) is 2.73. The van der Waals surface area contributed by atoms with Gasteiger partial charge in [-0.05, 0) is 25.0 Å². The van der Waals surface area contributed by atoms with Crippen LogP contribution in [0.15, 0.2) is 23.1 Å². The number of carboxylic acids is 1. The molecule has 0 atom stereocenters. The van der Waals surface area contributed by atoms with E-state index in [1.807, 2.05) is 0 Å². The third-order valence-electron chi connectivity index (χ3n) is 3.59. The summed E-state index contributed by atoms with van der Waals surface area (Å²) in [6.07, 6.45) is 2.29. The van der Waals surface area contributed by atoms with Crippen LogP contribution < -0.4 is 4.72 Å². The first-order valence-electron chi connectivity index (χ1n) is 6.46. The number of sulfonamides is 1. The summed E-state index contributed by atoms with van der Waals surface area (Å²) in [5, 5.41) is 9.05. The Morgan fingerprint density at radius 2 is 1.76 bits per heavy atom. The van der Waals surface area contributed by atoms with Gasteiger partial charge in [0.1, 0.15) is 4.90 Å². The molecule has 0 aliphatic heterocycles. The van der Waals surface area contributed by atoms with E-state index in [2.05, 4.69) is 4.72 Å². The average molecular weight is 352 g/mol. The summed E-state index contributed by atoms with van der Waals surface area (Å²) >= 11 is 11.9. The van der Waals surface area contributed by atoms with E-state index in [0.717, 1.165) is 12.8 Å². The maximum Gasteiger partial charge on any atom is 0.305 e. The molecule has 0 spiro atoms. The predicted molar refractivity (Wildman–Crippen MR) is 80.2 cm³/mol. The Kier molecular flexibility index (Phi) is 4.82. The van der Waals surface area contributed by atoms with E-state index in [-0.39, 0.29) is 21.4 Å². The van der Waals surface area contributed by atoms with Gasteiger partial charge in [-0.25, -0.2) is 13.1 Å². The molecule has 1 aromatic rings. The van der Waals surface area contributed by atoms with E-state index in [1.54, 1.807) is 6.07 Å². The zero-order valence-corrected chi connectivity index (χ0v) is 13.4. The van der Waals surface area contributed by atoms with E-state index in [9.17, 15) is 13.2 Å². The molecule has 2 rings (SSSR count). The lowest BCUT2D eigenvalue weighted by Crippen LogP contribution is -2.47. The molecule has 1 aliphatic rings. The van der Waals surface area contributed by atoms with Crippen LogP contribution in [-0.2, 0) is 14.8 Å². The molecular weight excluding hydrogens is 337 g/mol. The van der Waals surface area contributed by atoms with Crippen molar-refractivity contribution >= 4 is 39.2 Å². The number of benzene rings is 1. The molecule has 21 heavy (non-hydrogen) atoms. The topological polar surface area (TPSA) is 83.5 Å². The first-order valence-corrected chi connectivity index (χ1v) is 8.69. The molecular formula is C13H15Cl2NO4S. The van der Waals surface area contributed by atoms with Crippen molar-refractivity contribution in [1.82, 2.24) is 4.72 Å². The van der Waals surface area contributed by atoms with Crippen LogP contribution in [0.1, 0.15) is 32.1 Å². The second-order valence-electron chi connectivity index (χ2n) is 5.21. The number of rotatable bonds is 5. The molecule has 0 heterocycles. The van der Waals surface area contributed by atoms with E-state index < -0.39 is 21.5 Å². The molecule has 0 aromatic heterocycles. The van der Waals surface area contributed by atoms with Gasteiger partial charge in [0.15, 0.2) is 0 Å². The number of halogens is 2. The lowest BCUT2D eigenvalue weighted by molar-refractivity contribution is -0.138. The molecule has 0 radical (unpaired) electrons. The van der Waals surface area contributed by atoms with Gasteiger partial charge in [-0.15, -0.1) is 0 Å². The van der Waals surface area contributed by atoms with Crippen LogP contribution in [-0.4, -0.2) is 25.0 Å². The Morgan fingerprint density at radius 3 is 2.24 bits per heavy atom. The Balaban J connectivity index is 2.38. The summed E-state index contributed by atoms with van der Waals surface area (Å²) in [5.74, 6) is -1.04. The smallest absolute Gasteiger partial charge is 0.305 e. The van der Waals surface area contributed by atoms with Crippen LogP contribution in [0.5, 0.6) is 0 Å². The number of aliphatic carboxylic acids is 1. The van der Waals surface area contributed by atoms with Gasteiger partial charge < -0.3 is 5.11 Å². The van der Waals surface area contributed by atoms with Crippen molar-refractivity contribution in [2.45, 2.75) is 42.5 Å². The third kappa shape index (κ3) is 3.69. The summed E-state index contributed by atoms with van der Waals surface area (Å²) in [4.78, 5) is 10.8. The number of carboxylic acid groups (broad SMARTS) is 1. The molecule has 1 saturated carbocycles. The van der Waals surface area contributed by atoms with E-state index >= 15 is 0 Å². The largest absolute Gasteiger partial charge is 0.481 e. The highest BCUT2D eigenvalue weighted by Gasteiger charge is 2.40. The lowest BCUT2D eigenvalue weighted by atomic mass is 9.95.